The first-order valence-corrected chi connectivity index (χ1v) is 12.2. The first-order valence-electron chi connectivity index (χ1n) is 11.2. The number of ether oxygens (including phenoxy) is 1. The van der Waals surface area contributed by atoms with Crippen LogP contribution in [0, 0.1) is 0 Å². The second-order valence-corrected chi connectivity index (χ2v) is 9.29. The summed E-state index contributed by atoms with van der Waals surface area (Å²) in [5, 5.41) is 3.16. The van der Waals surface area contributed by atoms with Crippen LogP contribution in [0.2, 0.25) is 0 Å². The summed E-state index contributed by atoms with van der Waals surface area (Å²) in [4.78, 5) is 16.5. The molecular weight excluding hydrogens is 392 g/mol. The predicted molar refractivity (Wildman–Crippen MR) is 123 cm³/mol. The number of benzene rings is 2. The zero-order valence-electron chi connectivity index (χ0n) is 17.6. The molecule has 2 fully saturated rings. The molecule has 2 aromatic carbocycles. The molecule has 2 aliphatic heterocycles. The van der Waals surface area contributed by atoms with E-state index in [0.717, 1.165) is 42.2 Å². The minimum Gasteiger partial charge on any atom is -0.377 e. The van der Waals surface area contributed by atoms with Crippen molar-refractivity contribution in [3.05, 3.63) is 65.2 Å². The molecule has 1 amide bonds. The zero-order valence-corrected chi connectivity index (χ0v) is 18.5. The van der Waals surface area contributed by atoms with Crippen molar-refractivity contribution in [2.75, 3.05) is 25.4 Å². The summed E-state index contributed by atoms with van der Waals surface area (Å²) in [7, 11) is 0. The van der Waals surface area contributed by atoms with Crippen LogP contribution in [-0.2, 0) is 17.8 Å². The van der Waals surface area contributed by atoms with E-state index in [-0.39, 0.29) is 5.91 Å². The fourth-order valence-electron chi connectivity index (χ4n) is 4.25. The van der Waals surface area contributed by atoms with Gasteiger partial charge in [0.15, 0.2) is 0 Å². The lowest BCUT2D eigenvalue weighted by atomic mass is 10.0. The Balaban J connectivity index is 1.37. The van der Waals surface area contributed by atoms with Crippen LogP contribution in [0.5, 0.6) is 0 Å². The summed E-state index contributed by atoms with van der Waals surface area (Å²) < 4.78 is 5.73. The molecule has 1 N–H and O–H groups in total. The van der Waals surface area contributed by atoms with Gasteiger partial charge in [0.05, 0.1) is 11.7 Å². The van der Waals surface area contributed by atoms with Crippen molar-refractivity contribution in [3.8, 4) is 0 Å². The molecule has 5 heteroatoms. The highest BCUT2D eigenvalue weighted by Crippen LogP contribution is 2.27. The van der Waals surface area contributed by atoms with Crippen molar-refractivity contribution in [3.63, 3.8) is 0 Å². The first-order chi connectivity index (χ1) is 14.8. The number of rotatable bonds is 8. The lowest BCUT2D eigenvalue weighted by Crippen LogP contribution is -2.30. The maximum atomic E-state index is 13.0. The van der Waals surface area contributed by atoms with E-state index in [1.807, 2.05) is 24.3 Å². The molecule has 2 heterocycles. The second kappa shape index (κ2) is 11.0. The fourth-order valence-corrected chi connectivity index (χ4v) is 5.37. The molecule has 1 atom stereocenters. The van der Waals surface area contributed by atoms with Crippen molar-refractivity contribution in [1.29, 1.82) is 0 Å². The van der Waals surface area contributed by atoms with E-state index in [4.69, 9.17) is 4.74 Å². The Labute approximate surface area is 184 Å². The summed E-state index contributed by atoms with van der Waals surface area (Å²) in [5.74, 6) is 0.904. The van der Waals surface area contributed by atoms with E-state index in [1.54, 1.807) is 11.8 Å². The maximum absolute atomic E-state index is 13.0. The molecule has 0 spiro atoms. The number of carbonyl (C=O) groups excluding carboxylic acids is 1. The molecule has 2 aromatic rings. The third-order valence-electron chi connectivity index (χ3n) is 5.98. The average Bonchev–Trinajstić information content (AvgIpc) is 3.31. The monoisotopic (exact) mass is 424 g/mol. The normalized spacial score (nSPS) is 19.7. The van der Waals surface area contributed by atoms with E-state index in [2.05, 4.69) is 34.5 Å². The largest absolute Gasteiger partial charge is 0.377 e. The molecule has 0 aliphatic carbocycles. The predicted octanol–water partition coefficient (Wildman–Crippen LogP) is 4.87. The Kier molecular flexibility index (Phi) is 7.84. The lowest BCUT2D eigenvalue weighted by molar-refractivity contribution is 0.0947. The van der Waals surface area contributed by atoms with E-state index >= 15 is 0 Å². The van der Waals surface area contributed by atoms with Gasteiger partial charge >= 0.3 is 0 Å². The summed E-state index contributed by atoms with van der Waals surface area (Å²) >= 11 is 1.73. The third kappa shape index (κ3) is 5.87. The maximum Gasteiger partial charge on any atom is 0.252 e. The van der Waals surface area contributed by atoms with Gasteiger partial charge in [-0.25, -0.2) is 0 Å². The Hall–Kier alpha value is -1.82. The number of nitrogens with one attached hydrogen (secondary N) is 1. The standard InChI is InChI=1S/C25H32N2O2S/c28-25(23-12-4-5-13-24(23)30-19-22-11-8-16-29-22)26-17-20-9-2-3-10-21(20)18-27-14-6-1-7-15-27/h2-5,9-10,12-13,22H,1,6-8,11,14-19H2,(H,26,28). The third-order valence-corrected chi connectivity index (χ3v) is 7.19. The smallest absolute Gasteiger partial charge is 0.252 e. The van der Waals surface area contributed by atoms with Gasteiger partial charge in [-0.3, -0.25) is 9.69 Å². The van der Waals surface area contributed by atoms with E-state index in [1.165, 1.54) is 43.5 Å². The first kappa shape index (κ1) is 21.4. The van der Waals surface area contributed by atoms with Gasteiger partial charge in [-0.15, -0.1) is 11.8 Å². The molecule has 30 heavy (non-hydrogen) atoms. The number of thioether (sulfide) groups is 1. The quantitative estimate of drug-likeness (QED) is 0.614. The molecule has 0 radical (unpaired) electrons. The Bertz CT molecular complexity index is 829. The zero-order chi connectivity index (χ0) is 20.6. The number of carbonyl (C=O) groups is 1. The Morgan fingerprint density at radius 1 is 1.00 bits per heavy atom. The number of piperidine rings is 1. The average molecular weight is 425 g/mol. The molecule has 0 aromatic heterocycles. The van der Waals surface area contributed by atoms with Gasteiger partial charge < -0.3 is 10.1 Å². The van der Waals surface area contributed by atoms with Gasteiger partial charge in [-0.1, -0.05) is 42.8 Å². The molecule has 4 nitrogen and oxygen atoms in total. The molecule has 0 bridgehead atoms. The van der Waals surface area contributed by atoms with Gasteiger partial charge in [-0.2, -0.15) is 0 Å². The SMILES string of the molecule is O=C(NCc1ccccc1CN1CCCCC1)c1ccccc1SCC1CCCO1. The van der Waals surface area contributed by atoms with E-state index < -0.39 is 0 Å². The molecule has 1 unspecified atom stereocenters. The summed E-state index contributed by atoms with van der Waals surface area (Å²) in [6.07, 6.45) is 6.50. The molecule has 2 saturated heterocycles. The van der Waals surface area contributed by atoms with Crippen LogP contribution in [-0.4, -0.2) is 42.4 Å². The minimum absolute atomic E-state index is 0.00165. The minimum atomic E-state index is -0.00165. The highest BCUT2D eigenvalue weighted by atomic mass is 32.2. The molecule has 160 valence electrons. The van der Waals surface area contributed by atoms with Gasteiger partial charge in [0.2, 0.25) is 0 Å². The second-order valence-electron chi connectivity index (χ2n) is 8.23. The van der Waals surface area contributed by atoms with Crippen molar-refractivity contribution < 1.29 is 9.53 Å². The number of hydrogen-bond donors (Lipinski definition) is 1. The number of hydrogen-bond acceptors (Lipinski definition) is 4. The molecule has 4 rings (SSSR count). The van der Waals surface area contributed by atoms with E-state index in [0.29, 0.717) is 12.6 Å². The highest BCUT2D eigenvalue weighted by molar-refractivity contribution is 7.99. The van der Waals surface area contributed by atoms with Crippen LogP contribution in [0.25, 0.3) is 0 Å². The number of nitrogens with zero attached hydrogens (tertiary/aromatic N) is 1. The molecular formula is C25H32N2O2S. The Morgan fingerprint density at radius 3 is 2.57 bits per heavy atom. The molecule has 0 saturated carbocycles. The van der Waals surface area contributed by atoms with Crippen LogP contribution in [0.3, 0.4) is 0 Å². The van der Waals surface area contributed by atoms with Crippen LogP contribution < -0.4 is 5.32 Å². The van der Waals surface area contributed by atoms with Gasteiger partial charge in [0.1, 0.15) is 0 Å². The number of likely N-dealkylation sites (tertiary alicyclic amines) is 1. The summed E-state index contributed by atoms with van der Waals surface area (Å²) in [5.41, 5.74) is 3.29. The Morgan fingerprint density at radius 2 is 1.77 bits per heavy atom. The van der Waals surface area contributed by atoms with E-state index in [9.17, 15) is 4.79 Å². The van der Waals surface area contributed by atoms with Crippen LogP contribution in [0.15, 0.2) is 53.4 Å². The van der Waals surface area contributed by atoms with Crippen molar-refractivity contribution >= 4 is 17.7 Å². The summed E-state index contributed by atoms with van der Waals surface area (Å²) in [6, 6.07) is 16.4. The van der Waals surface area contributed by atoms with Crippen molar-refractivity contribution in [2.24, 2.45) is 0 Å². The summed E-state index contributed by atoms with van der Waals surface area (Å²) in [6.45, 7) is 4.75. The highest BCUT2D eigenvalue weighted by Gasteiger charge is 2.18. The van der Waals surface area contributed by atoms with Gasteiger partial charge in [0.25, 0.3) is 5.91 Å². The van der Waals surface area contributed by atoms with Crippen LogP contribution in [0.1, 0.15) is 53.6 Å². The van der Waals surface area contributed by atoms with Gasteiger partial charge in [-0.05, 0) is 62.0 Å². The van der Waals surface area contributed by atoms with Crippen molar-refractivity contribution in [2.45, 2.75) is 56.2 Å². The van der Waals surface area contributed by atoms with Gasteiger partial charge in [0, 0.05) is 30.3 Å². The van der Waals surface area contributed by atoms with Crippen LogP contribution in [0.4, 0.5) is 0 Å². The van der Waals surface area contributed by atoms with Crippen molar-refractivity contribution in [1.82, 2.24) is 10.2 Å². The topological polar surface area (TPSA) is 41.6 Å². The van der Waals surface area contributed by atoms with Crippen LogP contribution >= 0.6 is 11.8 Å². The lowest BCUT2D eigenvalue weighted by Gasteiger charge is -2.27. The fraction of sp³-hybridized carbons (Fsp3) is 0.480. The molecule has 2 aliphatic rings. The number of amides is 1.